The molecule has 0 saturated carbocycles. The number of benzene rings is 1. The van der Waals surface area contributed by atoms with Gasteiger partial charge in [-0.1, -0.05) is 30.3 Å². The second-order valence-corrected chi connectivity index (χ2v) is 3.71. The Morgan fingerprint density at radius 1 is 1.38 bits per heavy atom. The van der Waals surface area contributed by atoms with E-state index in [2.05, 4.69) is 22.4 Å². The lowest BCUT2D eigenvalue weighted by molar-refractivity contribution is 0.761. The normalized spacial score (nSPS) is 12.4. The first-order chi connectivity index (χ1) is 7.81. The van der Waals surface area contributed by atoms with Gasteiger partial charge in [-0.25, -0.2) is 4.98 Å². The van der Waals surface area contributed by atoms with Crippen molar-refractivity contribution in [3.05, 3.63) is 48.3 Å². The average molecular weight is 216 g/mol. The Bertz CT molecular complexity index is 435. The van der Waals surface area contributed by atoms with Crippen LogP contribution >= 0.6 is 0 Å². The van der Waals surface area contributed by atoms with Crippen LogP contribution < -0.4 is 11.1 Å². The van der Waals surface area contributed by atoms with E-state index in [-0.39, 0.29) is 6.04 Å². The smallest absolute Gasteiger partial charge is 0.203 e. The lowest BCUT2D eigenvalue weighted by Gasteiger charge is -2.17. The summed E-state index contributed by atoms with van der Waals surface area (Å²) in [7, 11) is 1.95. The van der Waals surface area contributed by atoms with E-state index in [1.54, 1.807) is 6.20 Å². The van der Waals surface area contributed by atoms with Crippen molar-refractivity contribution >= 4 is 5.95 Å². The molecule has 84 valence electrons. The highest BCUT2D eigenvalue weighted by atomic mass is 15.2. The second-order valence-electron chi connectivity index (χ2n) is 3.71. The topological polar surface area (TPSA) is 55.9 Å². The predicted molar refractivity (Wildman–Crippen MR) is 65.1 cm³/mol. The molecule has 1 heterocycles. The number of aryl methyl sites for hydroxylation is 1. The Morgan fingerprint density at radius 3 is 2.69 bits per heavy atom. The Kier molecular flexibility index (Phi) is 3.22. The van der Waals surface area contributed by atoms with Crippen molar-refractivity contribution in [1.29, 1.82) is 0 Å². The number of nitrogens with zero attached hydrogens (tertiary/aromatic N) is 2. The molecule has 0 aliphatic rings. The van der Waals surface area contributed by atoms with Gasteiger partial charge in [0.1, 0.15) is 0 Å². The van der Waals surface area contributed by atoms with Crippen molar-refractivity contribution in [2.24, 2.45) is 12.8 Å². The molecule has 2 rings (SSSR count). The SMILES string of the molecule is Cn1ccnc1NC(CN)c1ccccc1. The molecule has 0 amide bonds. The van der Waals surface area contributed by atoms with Crippen molar-refractivity contribution in [3.63, 3.8) is 0 Å². The van der Waals surface area contributed by atoms with E-state index in [1.807, 2.05) is 36.0 Å². The Balaban J connectivity index is 2.16. The zero-order valence-corrected chi connectivity index (χ0v) is 9.30. The predicted octanol–water partition coefficient (Wildman–Crippen LogP) is 1.53. The van der Waals surface area contributed by atoms with Crippen LogP contribution in [0.1, 0.15) is 11.6 Å². The van der Waals surface area contributed by atoms with Crippen LogP contribution in [-0.4, -0.2) is 16.1 Å². The van der Waals surface area contributed by atoms with E-state index in [4.69, 9.17) is 5.73 Å². The first-order valence-corrected chi connectivity index (χ1v) is 5.30. The number of hydrogen-bond donors (Lipinski definition) is 2. The Hall–Kier alpha value is -1.81. The summed E-state index contributed by atoms with van der Waals surface area (Å²) in [4.78, 5) is 4.23. The summed E-state index contributed by atoms with van der Waals surface area (Å²) < 4.78 is 1.94. The molecule has 0 radical (unpaired) electrons. The molecule has 4 nitrogen and oxygen atoms in total. The number of anilines is 1. The fraction of sp³-hybridized carbons (Fsp3) is 0.250. The molecular formula is C12H16N4. The van der Waals surface area contributed by atoms with Gasteiger partial charge in [0.15, 0.2) is 0 Å². The second kappa shape index (κ2) is 4.81. The molecule has 1 unspecified atom stereocenters. The largest absolute Gasteiger partial charge is 0.348 e. The van der Waals surface area contributed by atoms with E-state index < -0.39 is 0 Å². The minimum absolute atomic E-state index is 0.0994. The molecule has 0 fully saturated rings. The molecule has 0 aliphatic carbocycles. The third-order valence-electron chi connectivity index (χ3n) is 2.56. The fourth-order valence-electron chi connectivity index (χ4n) is 1.62. The van der Waals surface area contributed by atoms with E-state index in [9.17, 15) is 0 Å². The summed E-state index contributed by atoms with van der Waals surface area (Å²) in [5.41, 5.74) is 6.95. The molecule has 0 aliphatic heterocycles. The minimum Gasteiger partial charge on any atom is -0.348 e. The Morgan fingerprint density at radius 2 is 2.12 bits per heavy atom. The maximum atomic E-state index is 5.77. The maximum Gasteiger partial charge on any atom is 0.203 e. The van der Waals surface area contributed by atoms with Gasteiger partial charge < -0.3 is 15.6 Å². The first-order valence-electron chi connectivity index (χ1n) is 5.30. The van der Waals surface area contributed by atoms with Gasteiger partial charge in [0.2, 0.25) is 5.95 Å². The van der Waals surface area contributed by atoms with Crippen LogP contribution in [0.3, 0.4) is 0 Å². The van der Waals surface area contributed by atoms with E-state index in [0.717, 1.165) is 5.95 Å². The summed E-state index contributed by atoms with van der Waals surface area (Å²) >= 11 is 0. The van der Waals surface area contributed by atoms with Gasteiger partial charge >= 0.3 is 0 Å². The lowest BCUT2D eigenvalue weighted by atomic mass is 10.1. The van der Waals surface area contributed by atoms with Gasteiger partial charge in [0.05, 0.1) is 6.04 Å². The van der Waals surface area contributed by atoms with Gasteiger partial charge in [-0.3, -0.25) is 0 Å². The fourth-order valence-corrected chi connectivity index (χ4v) is 1.62. The number of rotatable bonds is 4. The third-order valence-corrected chi connectivity index (χ3v) is 2.56. The van der Waals surface area contributed by atoms with Gasteiger partial charge in [0.25, 0.3) is 0 Å². The van der Waals surface area contributed by atoms with Gasteiger partial charge in [-0.05, 0) is 5.56 Å². The highest BCUT2D eigenvalue weighted by Crippen LogP contribution is 2.16. The van der Waals surface area contributed by atoms with Gasteiger partial charge in [-0.2, -0.15) is 0 Å². The summed E-state index contributed by atoms with van der Waals surface area (Å²) in [6.45, 7) is 0.539. The molecule has 0 bridgehead atoms. The van der Waals surface area contributed by atoms with Crippen molar-refractivity contribution in [2.45, 2.75) is 6.04 Å². The van der Waals surface area contributed by atoms with Crippen LogP contribution in [0.25, 0.3) is 0 Å². The van der Waals surface area contributed by atoms with Crippen LogP contribution in [0.5, 0.6) is 0 Å². The standard InChI is InChI=1S/C12H16N4/c1-16-8-7-14-12(16)15-11(9-13)10-5-3-2-4-6-10/h2-8,11H,9,13H2,1H3,(H,14,15). The minimum atomic E-state index is 0.0994. The quantitative estimate of drug-likeness (QED) is 0.815. The third kappa shape index (κ3) is 2.23. The number of aromatic nitrogens is 2. The zero-order chi connectivity index (χ0) is 11.4. The molecule has 0 saturated heterocycles. The van der Waals surface area contributed by atoms with E-state index >= 15 is 0 Å². The number of nitrogens with two attached hydrogens (primary N) is 1. The molecule has 1 atom stereocenters. The molecule has 2 aromatic rings. The van der Waals surface area contributed by atoms with Crippen molar-refractivity contribution in [1.82, 2.24) is 9.55 Å². The van der Waals surface area contributed by atoms with Gasteiger partial charge in [-0.15, -0.1) is 0 Å². The molecule has 3 N–H and O–H groups in total. The molecule has 1 aromatic carbocycles. The van der Waals surface area contributed by atoms with Crippen LogP contribution in [0.4, 0.5) is 5.95 Å². The van der Waals surface area contributed by atoms with Crippen molar-refractivity contribution < 1.29 is 0 Å². The lowest BCUT2D eigenvalue weighted by Crippen LogP contribution is -2.22. The average Bonchev–Trinajstić information content (AvgIpc) is 2.73. The van der Waals surface area contributed by atoms with Gasteiger partial charge in [0, 0.05) is 26.0 Å². The highest BCUT2D eigenvalue weighted by Gasteiger charge is 2.10. The van der Waals surface area contributed by atoms with Crippen molar-refractivity contribution in [2.75, 3.05) is 11.9 Å². The van der Waals surface area contributed by atoms with Crippen LogP contribution in [0, 0.1) is 0 Å². The monoisotopic (exact) mass is 216 g/mol. The first kappa shape index (κ1) is 10.7. The molecule has 4 heteroatoms. The summed E-state index contributed by atoms with van der Waals surface area (Å²) in [6.07, 6.45) is 3.67. The van der Waals surface area contributed by atoms with Crippen LogP contribution in [0.15, 0.2) is 42.7 Å². The molecular weight excluding hydrogens is 200 g/mol. The summed E-state index contributed by atoms with van der Waals surface area (Å²) in [5.74, 6) is 0.833. The van der Waals surface area contributed by atoms with E-state index in [1.165, 1.54) is 5.56 Å². The summed E-state index contributed by atoms with van der Waals surface area (Å²) in [6, 6.07) is 10.2. The number of hydrogen-bond acceptors (Lipinski definition) is 3. The Labute approximate surface area is 95.1 Å². The number of nitrogens with one attached hydrogen (secondary N) is 1. The van der Waals surface area contributed by atoms with Crippen LogP contribution in [0.2, 0.25) is 0 Å². The zero-order valence-electron chi connectivity index (χ0n) is 9.30. The maximum absolute atomic E-state index is 5.77. The molecule has 1 aromatic heterocycles. The van der Waals surface area contributed by atoms with Crippen LogP contribution in [-0.2, 0) is 7.05 Å². The molecule has 16 heavy (non-hydrogen) atoms. The highest BCUT2D eigenvalue weighted by molar-refractivity contribution is 5.33. The number of imidazole rings is 1. The van der Waals surface area contributed by atoms with E-state index in [0.29, 0.717) is 6.54 Å². The molecule has 0 spiro atoms. The van der Waals surface area contributed by atoms with Crippen molar-refractivity contribution in [3.8, 4) is 0 Å². The summed E-state index contributed by atoms with van der Waals surface area (Å²) in [5, 5.41) is 3.32.